The molecule has 6 heteroatoms. The van der Waals surface area contributed by atoms with E-state index in [0.29, 0.717) is 19.4 Å². The molecule has 114 valence electrons. The summed E-state index contributed by atoms with van der Waals surface area (Å²) < 4.78 is 0. The number of hydrogen-bond donors (Lipinski definition) is 2. The first-order valence-electron chi connectivity index (χ1n) is 6.97. The monoisotopic (exact) mass is 284 g/mol. The van der Waals surface area contributed by atoms with Crippen LogP contribution in [0.25, 0.3) is 0 Å². The number of carboxylic acid groups (broad SMARTS) is 1. The van der Waals surface area contributed by atoms with Crippen LogP contribution >= 0.6 is 0 Å². The molecule has 1 heterocycles. The highest BCUT2D eigenvalue weighted by molar-refractivity contribution is 5.89. The summed E-state index contributed by atoms with van der Waals surface area (Å²) in [6.45, 7) is 7.89. The van der Waals surface area contributed by atoms with E-state index in [9.17, 15) is 19.5 Å². The lowest BCUT2D eigenvalue weighted by Crippen LogP contribution is -2.55. The maximum absolute atomic E-state index is 12.6. The number of carboxylic acids is 1. The van der Waals surface area contributed by atoms with Gasteiger partial charge in [-0.1, -0.05) is 34.1 Å². The molecule has 0 radical (unpaired) electrons. The Morgan fingerprint density at radius 3 is 2.45 bits per heavy atom. The summed E-state index contributed by atoms with van der Waals surface area (Å²) >= 11 is 0. The van der Waals surface area contributed by atoms with E-state index in [2.05, 4.69) is 5.32 Å². The van der Waals surface area contributed by atoms with Crippen LogP contribution in [0.4, 0.5) is 0 Å². The zero-order valence-electron chi connectivity index (χ0n) is 12.5. The van der Waals surface area contributed by atoms with Crippen molar-refractivity contribution in [2.75, 3.05) is 6.54 Å². The van der Waals surface area contributed by atoms with Gasteiger partial charge in [0.15, 0.2) is 0 Å². The van der Waals surface area contributed by atoms with E-state index in [1.54, 1.807) is 0 Å². The standard InChI is InChI=1S/C14H24N2O4/c1-5-9-6-7-16(10(9)13(19)20)12(18)11(15-8-17)14(2,3)4/h8-11H,5-7H2,1-4H3,(H,15,17)(H,19,20)/t9?,10?,11-/m1/s1. The highest BCUT2D eigenvalue weighted by atomic mass is 16.4. The van der Waals surface area contributed by atoms with Crippen molar-refractivity contribution < 1.29 is 19.5 Å². The van der Waals surface area contributed by atoms with Crippen molar-refractivity contribution in [2.24, 2.45) is 11.3 Å². The molecular formula is C14H24N2O4. The third-order valence-electron chi connectivity index (χ3n) is 3.93. The van der Waals surface area contributed by atoms with Crippen LogP contribution in [0.3, 0.4) is 0 Å². The van der Waals surface area contributed by atoms with Crippen LogP contribution in [-0.4, -0.2) is 46.9 Å². The van der Waals surface area contributed by atoms with Gasteiger partial charge in [0.1, 0.15) is 12.1 Å². The first kappa shape index (κ1) is 16.5. The Kier molecular flexibility index (Phi) is 5.14. The molecule has 1 saturated heterocycles. The van der Waals surface area contributed by atoms with Crippen LogP contribution in [0.1, 0.15) is 40.5 Å². The molecule has 0 aromatic carbocycles. The summed E-state index contributed by atoms with van der Waals surface area (Å²) in [5, 5.41) is 11.9. The predicted molar refractivity (Wildman–Crippen MR) is 74.0 cm³/mol. The van der Waals surface area contributed by atoms with Gasteiger partial charge in [-0.05, 0) is 17.8 Å². The van der Waals surface area contributed by atoms with Gasteiger partial charge in [0.25, 0.3) is 0 Å². The highest BCUT2D eigenvalue weighted by Gasteiger charge is 2.45. The molecule has 0 bridgehead atoms. The maximum Gasteiger partial charge on any atom is 0.326 e. The minimum Gasteiger partial charge on any atom is -0.480 e. The Labute approximate surface area is 119 Å². The lowest BCUT2D eigenvalue weighted by Gasteiger charge is -2.34. The van der Waals surface area contributed by atoms with Crippen molar-refractivity contribution in [3.05, 3.63) is 0 Å². The van der Waals surface area contributed by atoms with Crippen LogP contribution < -0.4 is 5.32 Å². The molecule has 1 rings (SSSR count). The Bertz CT molecular complexity index is 389. The van der Waals surface area contributed by atoms with Crippen molar-refractivity contribution in [2.45, 2.75) is 52.6 Å². The number of carbonyl (C=O) groups is 3. The molecule has 0 spiro atoms. The highest BCUT2D eigenvalue weighted by Crippen LogP contribution is 2.30. The molecule has 2 amide bonds. The molecule has 1 aliphatic rings. The van der Waals surface area contributed by atoms with Crippen molar-refractivity contribution in [1.82, 2.24) is 10.2 Å². The summed E-state index contributed by atoms with van der Waals surface area (Å²) in [5.74, 6) is -1.30. The molecule has 2 N–H and O–H groups in total. The van der Waals surface area contributed by atoms with Gasteiger partial charge in [-0.25, -0.2) is 4.79 Å². The van der Waals surface area contributed by atoms with Gasteiger partial charge < -0.3 is 15.3 Å². The third-order valence-corrected chi connectivity index (χ3v) is 3.93. The average molecular weight is 284 g/mol. The first-order valence-corrected chi connectivity index (χ1v) is 6.97. The number of likely N-dealkylation sites (tertiary alicyclic amines) is 1. The lowest BCUT2D eigenvalue weighted by atomic mass is 9.85. The van der Waals surface area contributed by atoms with Crippen LogP contribution in [0.5, 0.6) is 0 Å². The van der Waals surface area contributed by atoms with E-state index in [-0.39, 0.29) is 11.8 Å². The number of carbonyl (C=O) groups excluding carboxylic acids is 2. The molecule has 0 aliphatic carbocycles. The van der Waals surface area contributed by atoms with Crippen LogP contribution in [0.15, 0.2) is 0 Å². The molecule has 3 atom stereocenters. The molecular weight excluding hydrogens is 260 g/mol. The van der Waals surface area contributed by atoms with Gasteiger partial charge in [-0.15, -0.1) is 0 Å². The number of hydrogen-bond acceptors (Lipinski definition) is 3. The largest absolute Gasteiger partial charge is 0.480 e. The summed E-state index contributed by atoms with van der Waals surface area (Å²) in [4.78, 5) is 36.2. The Hall–Kier alpha value is -1.59. The second kappa shape index (κ2) is 6.24. The minimum absolute atomic E-state index is 0.0201. The van der Waals surface area contributed by atoms with Crippen molar-refractivity contribution in [3.63, 3.8) is 0 Å². The van der Waals surface area contributed by atoms with Gasteiger partial charge in [0.2, 0.25) is 12.3 Å². The number of nitrogens with one attached hydrogen (secondary N) is 1. The van der Waals surface area contributed by atoms with E-state index in [1.807, 2.05) is 27.7 Å². The quantitative estimate of drug-likeness (QED) is 0.733. The van der Waals surface area contributed by atoms with Crippen LogP contribution in [0, 0.1) is 11.3 Å². The third kappa shape index (κ3) is 3.29. The molecule has 1 fully saturated rings. The van der Waals surface area contributed by atoms with E-state index < -0.39 is 23.5 Å². The minimum atomic E-state index is -0.971. The number of rotatable bonds is 5. The summed E-state index contributed by atoms with van der Waals surface area (Å²) in [6.07, 6.45) is 1.91. The second-order valence-electron chi connectivity index (χ2n) is 6.36. The van der Waals surface area contributed by atoms with Crippen molar-refractivity contribution >= 4 is 18.3 Å². The topological polar surface area (TPSA) is 86.7 Å². The molecule has 0 aromatic heterocycles. The summed E-state index contributed by atoms with van der Waals surface area (Å²) in [6, 6.07) is -1.50. The van der Waals surface area contributed by atoms with Gasteiger partial charge in [-0.3, -0.25) is 9.59 Å². The number of nitrogens with zero attached hydrogens (tertiary/aromatic N) is 1. The summed E-state index contributed by atoms with van der Waals surface area (Å²) in [5.41, 5.74) is -0.467. The van der Waals surface area contributed by atoms with Crippen LogP contribution in [0.2, 0.25) is 0 Å². The van der Waals surface area contributed by atoms with Gasteiger partial charge in [0, 0.05) is 6.54 Å². The Balaban J connectivity index is 2.99. The maximum atomic E-state index is 12.6. The molecule has 1 aliphatic heterocycles. The Morgan fingerprint density at radius 1 is 1.45 bits per heavy atom. The normalized spacial score (nSPS) is 24.3. The predicted octanol–water partition coefficient (Wildman–Crippen LogP) is 0.859. The second-order valence-corrected chi connectivity index (χ2v) is 6.36. The van der Waals surface area contributed by atoms with Crippen LogP contribution in [-0.2, 0) is 14.4 Å². The van der Waals surface area contributed by atoms with Crippen molar-refractivity contribution in [3.8, 4) is 0 Å². The summed E-state index contributed by atoms with van der Waals surface area (Å²) in [7, 11) is 0. The fourth-order valence-corrected chi connectivity index (χ4v) is 2.79. The number of amides is 2. The first-order chi connectivity index (χ1) is 9.23. The lowest BCUT2D eigenvalue weighted by molar-refractivity contribution is -0.151. The zero-order chi connectivity index (χ0) is 15.5. The SMILES string of the molecule is CCC1CCN(C(=O)[C@@H](NC=O)C(C)(C)C)C1C(=O)O. The number of aliphatic carboxylic acids is 1. The van der Waals surface area contributed by atoms with E-state index in [1.165, 1.54) is 4.90 Å². The van der Waals surface area contributed by atoms with Crippen molar-refractivity contribution in [1.29, 1.82) is 0 Å². The van der Waals surface area contributed by atoms with Gasteiger partial charge in [-0.2, -0.15) is 0 Å². The average Bonchev–Trinajstić information content (AvgIpc) is 2.77. The smallest absolute Gasteiger partial charge is 0.326 e. The van der Waals surface area contributed by atoms with Gasteiger partial charge in [0.05, 0.1) is 0 Å². The molecule has 0 aromatic rings. The molecule has 6 nitrogen and oxygen atoms in total. The van der Waals surface area contributed by atoms with Gasteiger partial charge >= 0.3 is 5.97 Å². The molecule has 2 unspecified atom stereocenters. The fourth-order valence-electron chi connectivity index (χ4n) is 2.79. The van der Waals surface area contributed by atoms with E-state index >= 15 is 0 Å². The molecule has 20 heavy (non-hydrogen) atoms. The van der Waals surface area contributed by atoms with E-state index in [4.69, 9.17) is 0 Å². The van der Waals surface area contributed by atoms with E-state index in [0.717, 1.165) is 6.42 Å². The zero-order valence-corrected chi connectivity index (χ0v) is 12.5. The fraction of sp³-hybridized carbons (Fsp3) is 0.786. The Morgan fingerprint density at radius 2 is 2.05 bits per heavy atom. The molecule has 0 saturated carbocycles.